The van der Waals surface area contributed by atoms with Crippen molar-refractivity contribution in [2.45, 2.75) is 3.79 Å². The molecule has 0 amide bonds. The summed E-state index contributed by atoms with van der Waals surface area (Å²) in [5.74, 6) is 0.265. The first-order chi connectivity index (χ1) is 7.48. The molecule has 0 bridgehead atoms. The topological polar surface area (TPSA) is 52.0 Å². The molecule has 0 fully saturated rings. The summed E-state index contributed by atoms with van der Waals surface area (Å²) in [6, 6.07) is 7.02. The summed E-state index contributed by atoms with van der Waals surface area (Å²) in [6.07, 6.45) is 1.54. The van der Waals surface area contributed by atoms with Gasteiger partial charge in [-0.15, -0.1) is 0 Å². The van der Waals surface area contributed by atoms with Crippen LogP contribution in [-0.2, 0) is 3.79 Å². The van der Waals surface area contributed by atoms with E-state index >= 15 is 0 Å². The molecule has 0 radical (unpaired) electrons. The van der Waals surface area contributed by atoms with Gasteiger partial charge in [-0.05, 0) is 5.56 Å². The number of nitrogen functional groups attached to an aromatic ring is 1. The van der Waals surface area contributed by atoms with E-state index in [2.05, 4.69) is 5.16 Å². The van der Waals surface area contributed by atoms with Crippen molar-refractivity contribution in [3.8, 4) is 11.1 Å². The number of aromatic nitrogens is 1. The van der Waals surface area contributed by atoms with E-state index in [4.69, 9.17) is 45.1 Å². The Morgan fingerprint density at radius 1 is 1.12 bits per heavy atom. The number of anilines is 1. The minimum absolute atomic E-state index is 0.265. The van der Waals surface area contributed by atoms with Crippen molar-refractivity contribution in [1.82, 2.24) is 5.16 Å². The van der Waals surface area contributed by atoms with Crippen molar-refractivity contribution in [2.75, 3.05) is 5.73 Å². The normalized spacial score (nSPS) is 11.7. The van der Waals surface area contributed by atoms with Gasteiger partial charge in [0.25, 0.3) is 0 Å². The van der Waals surface area contributed by atoms with Gasteiger partial charge in [-0.25, -0.2) is 0 Å². The highest BCUT2D eigenvalue weighted by Gasteiger charge is 2.22. The maximum absolute atomic E-state index is 5.74. The number of benzene rings is 1. The molecule has 16 heavy (non-hydrogen) atoms. The molecular formula is C10H7Cl3N2O. The third kappa shape index (κ3) is 2.26. The molecule has 0 unspecified atom stereocenters. The van der Waals surface area contributed by atoms with Gasteiger partial charge in [0.15, 0.2) is 0 Å². The fraction of sp³-hybridized carbons (Fsp3) is 0.100. The molecule has 6 heteroatoms. The average molecular weight is 278 g/mol. The summed E-state index contributed by atoms with van der Waals surface area (Å²) in [5, 5.41) is 3.59. The third-order valence-electron chi connectivity index (χ3n) is 2.12. The van der Waals surface area contributed by atoms with Gasteiger partial charge in [0.1, 0.15) is 0 Å². The zero-order valence-corrected chi connectivity index (χ0v) is 10.2. The van der Waals surface area contributed by atoms with Crippen LogP contribution in [-0.4, -0.2) is 5.16 Å². The van der Waals surface area contributed by atoms with Gasteiger partial charge in [0, 0.05) is 5.56 Å². The van der Waals surface area contributed by atoms with E-state index in [1.54, 1.807) is 30.5 Å². The number of halogens is 3. The number of hydrogen-bond donors (Lipinski definition) is 1. The van der Waals surface area contributed by atoms with E-state index in [0.29, 0.717) is 5.56 Å². The van der Waals surface area contributed by atoms with Gasteiger partial charge in [0.05, 0.1) is 11.8 Å². The summed E-state index contributed by atoms with van der Waals surface area (Å²) in [5.41, 5.74) is 7.76. The second kappa shape index (κ2) is 4.17. The second-order valence-electron chi connectivity index (χ2n) is 3.18. The monoisotopic (exact) mass is 276 g/mol. The van der Waals surface area contributed by atoms with Crippen molar-refractivity contribution in [2.24, 2.45) is 0 Å². The highest BCUT2D eigenvalue weighted by Crippen LogP contribution is 2.39. The zero-order chi connectivity index (χ0) is 11.8. The molecule has 0 saturated heterocycles. The minimum Gasteiger partial charge on any atom is -0.367 e. The van der Waals surface area contributed by atoms with Crippen LogP contribution in [0.3, 0.4) is 0 Å². The fourth-order valence-electron chi connectivity index (χ4n) is 1.30. The van der Waals surface area contributed by atoms with Crippen LogP contribution in [0.4, 0.5) is 5.88 Å². The van der Waals surface area contributed by atoms with Crippen LogP contribution >= 0.6 is 34.8 Å². The predicted octanol–water partition coefficient (Wildman–Crippen LogP) is 3.75. The number of hydrogen-bond acceptors (Lipinski definition) is 3. The van der Waals surface area contributed by atoms with Crippen LogP contribution in [0, 0.1) is 0 Å². The molecular weight excluding hydrogens is 270 g/mol. The smallest absolute Gasteiger partial charge is 0.229 e. The maximum Gasteiger partial charge on any atom is 0.229 e. The van der Waals surface area contributed by atoms with Crippen LogP contribution < -0.4 is 5.73 Å². The summed E-state index contributed by atoms with van der Waals surface area (Å²) in [7, 11) is 0. The first kappa shape index (κ1) is 11.6. The fourth-order valence-corrected chi connectivity index (χ4v) is 1.68. The zero-order valence-electron chi connectivity index (χ0n) is 7.95. The average Bonchev–Trinajstić information content (AvgIpc) is 2.63. The Bertz CT molecular complexity index is 488. The van der Waals surface area contributed by atoms with Crippen LogP contribution in [0.15, 0.2) is 35.0 Å². The lowest BCUT2D eigenvalue weighted by molar-refractivity contribution is 0.436. The molecule has 1 aromatic carbocycles. The molecule has 2 N–H and O–H groups in total. The maximum atomic E-state index is 5.74. The standard InChI is InChI=1S/C10H7Cl3N2O/c11-10(12,13)7-3-1-6(2-4-7)8-5-15-16-9(8)14/h1-5H,14H2. The van der Waals surface area contributed by atoms with E-state index in [9.17, 15) is 0 Å². The lowest BCUT2D eigenvalue weighted by Gasteiger charge is -2.11. The largest absolute Gasteiger partial charge is 0.367 e. The number of alkyl halides is 3. The molecule has 0 aliphatic heterocycles. The Hall–Kier alpha value is -0.900. The number of rotatable bonds is 1. The molecule has 1 aromatic heterocycles. The Labute approximate surface area is 107 Å². The first-order valence-corrected chi connectivity index (χ1v) is 5.49. The molecule has 0 spiro atoms. The quantitative estimate of drug-likeness (QED) is 0.808. The highest BCUT2D eigenvalue weighted by atomic mass is 35.6. The molecule has 3 nitrogen and oxygen atoms in total. The number of nitrogens with zero attached hydrogens (tertiary/aromatic N) is 1. The summed E-state index contributed by atoms with van der Waals surface area (Å²) >= 11 is 17.2. The van der Waals surface area contributed by atoms with Crippen LogP contribution in [0.2, 0.25) is 0 Å². The van der Waals surface area contributed by atoms with Crippen LogP contribution in [0.1, 0.15) is 5.56 Å². The van der Waals surface area contributed by atoms with Crippen molar-refractivity contribution >= 4 is 40.7 Å². The van der Waals surface area contributed by atoms with E-state index < -0.39 is 3.79 Å². The number of nitrogens with two attached hydrogens (primary N) is 1. The summed E-state index contributed by atoms with van der Waals surface area (Å²) in [4.78, 5) is 0. The van der Waals surface area contributed by atoms with Gasteiger partial charge in [0.2, 0.25) is 9.68 Å². The van der Waals surface area contributed by atoms with Crippen molar-refractivity contribution < 1.29 is 4.52 Å². The highest BCUT2D eigenvalue weighted by molar-refractivity contribution is 6.66. The first-order valence-electron chi connectivity index (χ1n) is 4.36. The Morgan fingerprint density at radius 3 is 2.19 bits per heavy atom. The van der Waals surface area contributed by atoms with E-state index in [0.717, 1.165) is 11.1 Å². The summed E-state index contributed by atoms with van der Waals surface area (Å²) in [6.45, 7) is 0. The van der Waals surface area contributed by atoms with Crippen LogP contribution in [0.25, 0.3) is 11.1 Å². The molecule has 0 aliphatic rings. The van der Waals surface area contributed by atoms with Gasteiger partial charge in [-0.1, -0.05) is 64.2 Å². The molecule has 1 heterocycles. The second-order valence-corrected chi connectivity index (χ2v) is 5.46. The van der Waals surface area contributed by atoms with Crippen molar-refractivity contribution in [3.05, 3.63) is 36.0 Å². The van der Waals surface area contributed by atoms with E-state index in [1.807, 2.05) is 0 Å². The van der Waals surface area contributed by atoms with Crippen molar-refractivity contribution in [3.63, 3.8) is 0 Å². The predicted molar refractivity (Wildman–Crippen MR) is 65.6 cm³/mol. The van der Waals surface area contributed by atoms with Gasteiger partial charge < -0.3 is 10.3 Å². The molecule has 0 atom stereocenters. The SMILES string of the molecule is Nc1oncc1-c1ccc(C(Cl)(Cl)Cl)cc1. The molecule has 2 aromatic rings. The molecule has 0 aliphatic carbocycles. The third-order valence-corrected chi connectivity index (χ3v) is 2.78. The minimum atomic E-state index is -1.42. The lowest BCUT2D eigenvalue weighted by atomic mass is 10.1. The van der Waals surface area contributed by atoms with E-state index in [1.165, 1.54) is 0 Å². The lowest BCUT2D eigenvalue weighted by Crippen LogP contribution is -1.99. The Balaban J connectivity index is 2.37. The Morgan fingerprint density at radius 2 is 1.75 bits per heavy atom. The Kier molecular flexibility index (Phi) is 3.02. The summed E-state index contributed by atoms with van der Waals surface area (Å²) < 4.78 is 3.35. The van der Waals surface area contributed by atoms with Crippen LogP contribution in [0.5, 0.6) is 0 Å². The van der Waals surface area contributed by atoms with Gasteiger partial charge in [-0.3, -0.25) is 0 Å². The molecule has 2 rings (SSSR count). The molecule has 0 saturated carbocycles. The van der Waals surface area contributed by atoms with Gasteiger partial charge in [-0.2, -0.15) is 0 Å². The van der Waals surface area contributed by atoms with E-state index in [-0.39, 0.29) is 5.88 Å². The van der Waals surface area contributed by atoms with Gasteiger partial charge >= 0.3 is 0 Å². The van der Waals surface area contributed by atoms with Crippen molar-refractivity contribution in [1.29, 1.82) is 0 Å². The molecule has 84 valence electrons.